The van der Waals surface area contributed by atoms with Gasteiger partial charge < -0.3 is 0 Å². The number of aryl methyl sites for hydroxylation is 2. The van der Waals surface area contributed by atoms with Gasteiger partial charge in [0.05, 0.1) is 4.90 Å². The van der Waals surface area contributed by atoms with Crippen LogP contribution < -0.4 is 0 Å². The summed E-state index contributed by atoms with van der Waals surface area (Å²) in [4.78, 5) is 0.0705. The Bertz CT molecular complexity index is 579. The van der Waals surface area contributed by atoms with E-state index < -0.39 is 10.1 Å². The molecule has 144 valence electrons. The Kier molecular flexibility index (Phi) is 11.1. The third-order valence-corrected chi connectivity index (χ3v) is 5.75. The molecule has 4 heteroatoms. The molecule has 0 aromatic heterocycles. The first-order chi connectivity index (χ1) is 11.9. The average Bonchev–Trinajstić information content (AvgIpc) is 2.55. The Hall–Kier alpha value is -0.870. The summed E-state index contributed by atoms with van der Waals surface area (Å²) < 4.78 is 32.2. The summed E-state index contributed by atoms with van der Waals surface area (Å²) >= 11 is 0. The van der Waals surface area contributed by atoms with Crippen LogP contribution in [0, 0.1) is 6.92 Å². The molecule has 1 N–H and O–H groups in total. The SMILES string of the molecule is CCCCCCCCCCCCCCc1cc(C)ccc1S(=O)(=O)O. The second-order valence-electron chi connectivity index (χ2n) is 7.23. The number of hydrogen-bond acceptors (Lipinski definition) is 2. The molecule has 0 aliphatic rings. The van der Waals surface area contributed by atoms with E-state index in [-0.39, 0.29) is 4.90 Å². The molecule has 0 unspecified atom stereocenters. The molecule has 0 aliphatic carbocycles. The molecular weight excluding hydrogens is 332 g/mol. The first-order valence-electron chi connectivity index (χ1n) is 10.0. The summed E-state index contributed by atoms with van der Waals surface area (Å²) in [6.45, 7) is 4.20. The first kappa shape index (κ1) is 22.2. The predicted molar refractivity (Wildman–Crippen MR) is 106 cm³/mol. The fraction of sp³-hybridized carbons (Fsp3) is 0.714. The van der Waals surface area contributed by atoms with Crippen LogP contribution in [0.5, 0.6) is 0 Å². The summed E-state index contributed by atoms with van der Waals surface area (Å²) in [5, 5.41) is 0. The van der Waals surface area contributed by atoms with Gasteiger partial charge in [0.2, 0.25) is 0 Å². The van der Waals surface area contributed by atoms with Crippen LogP contribution in [-0.4, -0.2) is 13.0 Å². The summed E-state index contributed by atoms with van der Waals surface area (Å²) in [5.41, 5.74) is 1.77. The Morgan fingerprint density at radius 2 is 1.28 bits per heavy atom. The highest BCUT2D eigenvalue weighted by Gasteiger charge is 2.14. The monoisotopic (exact) mass is 368 g/mol. The van der Waals surface area contributed by atoms with Crippen LogP contribution in [0.25, 0.3) is 0 Å². The summed E-state index contributed by atoms with van der Waals surface area (Å²) in [6.07, 6.45) is 16.2. The molecule has 0 saturated carbocycles. The van der Waals surface area contributed by atoms with Crippen LogP contribution in [0.2, 0.25) is 0 Å². The Morgan fingerprint density at radius 3 is 1.76 bits per heavy atom. The zero-order valence-electron chi connectivity index (χ0n) is 16.1. The van der Waals surface area contributed by atoms with Crippen molar-refractivity contribution in [3.63, 3.8) is 0 Å². The average molecular weight is 369 g/mol. The van der Waals surface area contributed by atoms with Gasteiger partial charge in [0.25, 0.3) is 10.1 Å². The van der Waals surface area contributed by atoms with E-state index in [1.54, 1.807) is 6.07 Å². The van der Waals surface area contributed by atoms with Crippen molar-refractivity contribution < 1.29 is 13.0 Å². The van der Waals surface area contributed by atoms with Crippen LogP contribution in [-0.2, 0) is 16.5 Å². The van der Waals surface area contributed by atoms with Crippen molar-refractivity contribution in [2.24, 2.45) is 0 Å². The highest BCUT2D eigenvalue weighted by atomic mass is 32.2. The number of rotatable bonds is 14. The minimum atomic E-state index is -4.12. The maximum Gasteiger partial charge on any atom is 0.294 e. The highest BCUT2D eigenvalue weighted by Crippen LogP contribution is 2.20. The Balaban J connectivity index is 2.13. The molecule has 0 radical (unpaired) electrons. The molecule has 25 heavy (non-hydrogen) atoms. The zero-order chi connectivity index (χ0) is 18.5. The van der Waals surface area contributed by atoms with Crippen LogP contribution in [0.1, 0.15) is 95.1 Å². The van der Waals surface area contributed by atoms with Gasteiger partial charge in [-0.15, -0.1) is 0 Å². The zero-order valence-corrected chi connectivity index (χ0v) is 16.9. The lowest BCUT2D eigenvalue weighted by Crippen LogP contribution is -2.03. The summed E-state index contributed by atoms with van der Waals surface area (Å²) in [5.74, 6) is 0. The van der Waals surface area contributed by atoms with E-state index in [1.165, 1.54) is 70.3 Å². The van der Waals surface area contributed by atoms with Crippen molar-refractivity contribution >= 4 is 10.1 Å². The lowest BCUT2D eigenvalue weighted by atomic mass is 10.0. The van der Waals surface area contributed by atoms with E-state index in [1.807, 2.05) is 13.0 Å². The van der Waals surface area contributed by atoms with Crippen molar-refractivity contribution in [2.45, 2.75) is 102 Å². The van der Waals surface area contributed by atoms with Crippen LogP contribution in [0.15, 0.2) is 23.1 Å². The van der Waals surface area contributed by atoms with Crippen molar-refractivity contribution in [1.82, 2.24) is 0 Å². The van der Waals surface area contributed by atoms with E-state index in [0.717, 1.165) is 24.0 Å². The molecule has 0 spiro atoms. The lowest BCUT2D eigenvalue weighted by Gasteiger charge is -2.08. The van der Waals surface area contributed by atoms with E-state index in [2.05, 4.69) is 6.92 Å². The molecule has 3 nitrogen and oxygen atoms in total. The molecule has 1 aromatic rings. The minimum Gasteiger partial charge on any atom is -0.282 e. The van der Waals surface area contributed by atoms with Gasteiger partial charge in [-0.2, -0.15) is 8.42 Å². The number of benzene rings is 1. The molecule has 1 rings (SSSR count). The molecule has 0 atom stereocenters. The maximum atomic E-state index is 11.4. The van der Waals surface area contributed by atoms with Crippen LogP contribution in [0.3, 0.4) is 0 Å². The van der Waals surface area contributed by atoms with Gasteiger partial charge in [-0.1, -0.05) is 95.2 Å². The van der Waals surface area contributed by atoms with Gasteiger partial charge >= 0.3 is 0 Å². The quantitative estimate of drug-likeness (QED) is 0.302. The topological polar surface area (TPSA) is 54.4 Å². The molecule has 0 bridgehead atoms. The van der Waals surface area contributed by atoms with E-state index in [4.69, 9.17) is 0 Å². The fourth-order valence-electron chi connectivity index (χ4n) is 3.31. The molecule has 0 heterocycles. The summed E-state index contributed by atoms with van der Waals surface area (Å²) in [6, 6.07) is 5.12. The minimum absolute atomic E-state index is 0.0705. The Morgan fingerprint density at radius 1 is 0.800 bits per heavy atom. The second kappa shape index (κ2) is 12.5. The number of unbranched alkanes of at least 4 members (excludes halogenated alkanes) is 11. The third-order valence-electron chi connectivity index (χ3n) is 4.79. The smallest absolute Gasteiger partial charge is 0.282 e. The molecule has 0 amide bonds. The third kappa shape index (κ3) is 10.0. The molecule has 0 aliphatic heterocycles. The Labute approximate surface area is 155 Å². The second-order valence-corrected chi connectivity index (χ2v) is 8.62. The summed E-state index contributed by atoms with van der Waals surface area (Å²) in [7, 11) is -4.12. The van der Waals surface area contributed by atoms with Crippen LogP contribution >= 0.6 is 0 Å². The number of hydrogen-bond donors (Lipinski definition) is 1. The van der Waals surface area contributed by atoms with E-state index in [9.17, 15) is 13.0 Å². The largest absolute Gasteiger partial charge is 0.294 e. The van der Waals surface area contributed by atoms with Crippen LogP contribution in [0.4, 0.5) is 0 Å². The normalized spacial score (nSPS) is 11.8. The molecular formula is C21H36O3S. The van der Waals surface area contributed by atoms with Gasteiger partial charge in [0, 0.05) is 0 Å². The van der Waals surface area contributed by atoms with Gasteiger partial charge in [-0.3, -0.25) is 4.55 Å². The fourth-order valence-corrected chi connectivity index (χ4v) is 4.04. The van der Waals surface area contributed by atoms with Crippen molar-refractivity contribution in [3.8, 4) is 0 Å². The lowest BCUT2D eigenvalue weighted by molar-refractivity contribution is 0.481. The van der Waals surface area contributed by atoms with E-state index >= 15 is 0 Å². The van der Waals surface area contributed by atoms with Gasteiger partial charge in [-0.05, 0) is 31.4 Å². The van der Waals surface area contributed by atoms with Gasteiger partial charge in [-0.25, -0.2) is 0 Å². The maximum absolute atomic E-state index is 11.4. The molecule has 1 aromatic carbocycles. The van der Waals surface area contributed by atoms with Crippen molar-refractivity contribution in [2.75, 3.05) is 0 Å². The predicted octanol–water partition coefficient (Wildman–Crippen LogP) is 6.49. The first-order valence-corrected chi connectivity index (χ1v) is 11.5. The van der Waals surface area contributed by atoms with Crippen molar-refractivity contribution in [3.05, 3.63) is 29.3 Å². The van der Waals surface area contributed by atoms with Gasteiger partial charge in [0.15, 0.2) is 0 Å². The molecule has 0 fully saturated rings. The standard InChI is InChI=1S/C21H36O3S/c1-3-4-5-6-7-8-9-10-11-12-13-14-15-20-18-19(2)16-17-21(20)25(22,23)24/h16-18H,3-15H2,1-2H3,(H,22,23,24). The van der Waals surface area contributed by atoms with Crippen molar-refractivity contribution in [1.29, 1.82) is 0 Å². The highest BCUT2D eigenvalue weighted by molar-refractivity contribution is 7.85. The van der Waals surface area contributed by atoms with Gasteiger partial charge in [0.1, 0.15) is 0 Å². The van der Waals surface area contributed by atoms with E-state index in [0.29, 0.717) is 6.42 Å². The molecule has 0 saturated heterocycles.